The number of carbonyl (C=O) groups excluding carboxylic acids is 1. The quantitative estimate of drug-likeness (QED) is 0.772. The fourth-order valence-electron chi connectivity index (χ4n) is 2.16. The SMILES string of the molecule is Cc1ccc(C=C2SC(=Nc3cccc(C(F)(F)F)c3)NC2=O)cc1. The maximum atomic E-state index is 12.7. The van der Waals surface area contributed by atoms with Crippen molar-refractivity contribution in [1.82, 2.24) is 5.32 Å². The number of alkyl halides is 3. The molecule has 0 atom stereocenters. The Morgan fingerprint density at radius 1 is 1.12 bits per heavy atom. The zero-order valence-electron chi connectivity index (χ0n) is 13.1. The predicted molar refractivity (Wildman–Crippen MR) is 93.4 cm³/mol. The van der Waals surface area contributed by atoms with Gasteiger partial charge in [0.25, 0.3) is 5.91 Å². The van der Waals surface area contributed by atoms with E-state index in [1.165, 1.54) is 12.1 Å². The monoisotopic (exact) mass is 362 g/mol. The van der Waals surface area contributed by atoms with Crippen molar-refractivity contribution < 1.29 is 18.0 Å². The van der Waals surface area contributed by atoms with Gasteiger partial charge in [-0.1, -0.05) is 35.9 Å². The second-order valence-corrected chi connectivity index (χ2v) is 6.47. The third-order valence-corrected chi connectivity index (χ3v) is 4.34. The van der Waals surface area contributed by atoms with E-state index >= 15 is 0 Å². The lowest BCUT2D eigenvalue weighted by Gasteiger charge is -2.06. The predicted octanol–water partition coefficient (Wildman–Crippen LogP) is 4.91. The molecule has 0 unspecified atom stereocenters. The number of thioether (sulfide) groups is 1. The summed E-state index contributed by atoms with van der Waals surface area (Å²) in [4.78, 5) is 16.5. The first-order chi connectivity index (χ1) is 11.8. The molecule has 0 aliphatic carbocycles. The van der Waals surface area contributed by atoms with E-state index in [4.69, 9.17) is 0 Å². The first-order valence-electron chi connectivity index (χ1n) is 7.35. The van der Waals surface area contributed by atoms with Gasteiger partial charge >= 0.3 is 6.18 Å². The van der Waals surface area contributed by atoms with Crippen LogP contribution in [0.3, 0.4) is 0 Å². The van der Waals surface area contributed by atoms with Gasteiger partial charge < -0.3 is 5.32 Å². The molecule has 3 rings (SSSR count). The third kappa shape index (κ3) is 4.30. The summed E-state index contributed by atoms with van der Waals surface area (Å²) in [7, 11) is 0. The van der Waals surface area contributed by atoms with Crippen molar-refractivity contribution in [3.8, 4) is 0 Å². The number of aryl methyl sites for hydroxylation is 1. The molecular formula is C18H13F3N2OS. The van der Waals surface area contributed by atoms with Gasteiger partial charge in [-0.15, -0.1) is 0 Å². The van der Waals surface area contributed by atoms with Crippen LogP contribution in [0.1, 0.15) is 16.7 Å². The highest BCUT2D eigenvalue weighted by atomic mass is 32.2. The van der Waals surface area contributed by atoms with Crippen LogP contribution in [0.5, 0.6) is 0 Å². The summed E-state index contributed by atoms with van der Waals surface area (Å²) in [6.07, 6.45) is -2.72. The second-order valence-electron chi connectivity index (χ2n) is 5.44. The summed E-state index contributed by atoms with van der Waals surface area (Å²) >= 11 is 1.10. The summed E-state index contributed by atoms with van der Waals surface area (Å²) < 4.78 is 38.2. The highest BCUT2D eigenvalue weighted by Crippen LogP contribution is 2.33. The number of halogens is 3. The Hall–Kier alpha value is -2.54. The molecule has 3 nitrogen and oxygen atoms in total. The van der Waals surface area contributed by atoms with Crippen LogP contribution in [0.25, 0.3) is 6.08 Å². The van der Waals surface area contributed by atoms with Crippen LogP contribution in [0.15, 0.2) is 58.4 Å². The van der Waals surface area contributed by atoms with Crippen LogP contribution in [-0.2, 0) is 11.0 Å². The Bertz CT molecular complexity index is 871. The minimum absolute atomic E-state index is 0.134. The Balaban J connectivity index is 1.82. The van der Waals surface area contributed by atoms with E-state index in [-0.39, 0.29) is 16.8 Å². The lowest BCUT2D eigenvalue weighted by molar-refractivity contribution is -0.137. The Morgan fingerprint density at radius 3 is 2.52 bits per heavy atom. The molecule has 1 heterocycles. The van der Waals surface area contributed by atoms with Gasteiger partial charge in [-0.05, 0) is 48.5 Å². The van der Waals surface area contributed by atoms with E-state index in [0.717, 1.165) is 35.0 Å². The zero-order chi connectivity index (χ0) is 18.0. The molecule has 1 aliphatic rings. The summed E-state index contributed by atoms with van der Waals surface area (Å²) in [5.41, 5.74) is 1.33. The van der Waals surface area contributed by atoms with Crippen molar-refractivity contribution in [1.29, 1.82) is 0 Å². The number of carbonyl (C=O) groups is 1. The van der Waals surface area contributed by atoms with Crippen LogP contribution in [0, 0.1) is 6.92 Å². The minimum atomic E-state index is -4.43. The summed E-state index contributed by atoms with van der Waals surface area (Å²) in [6.45, 7) is 1.97. The summed E-state index contributed by atoms with van der Waals surface area (Å²) in [5, 5.41) is 2.82. The van der Waals surface area contributed by atoms with E-state index in [2.05, 4.69) is 10.3 Å². The van der Waals surface area contributed by atoms with Gasteiger partial charge in [-0.3, -0.25) is 4.79 Å². The molecule has 2 aromatic carbocycles. The maximum Gasteiger partial charge on any atom is 0.416 e. The van der Waals surface area contributed by atoms with E-state index in [0.29, 0.717) is 4.91 Å². The minimum Gasteiger partial charge on any atom is -0.300 e. The maximum absolute atomic E-state index is 12.7. The molecule has 1 saturated heterocycles. The van der Waals surface area contributed by atoms with Crippen LogP contribution in [-0.4, -0.2) is 11.1 Å². The van der Waals surface area contributed by atoms with Gasteiger partial charge in [0.1, 0.15) is 0 Å². The van der Waals surface area contributed by atoms with Crippen molar-refractivity contribution in [2.75, 3.05) is 0 Å². The van der Waals surface area contributed by atoms with Gasteiger partial charge in [0, 0.05) is 0 Å². The molecule has 7 heteroatoms. The molecule has 0 radical (unpaired) electrons. The molecular weight excluding hydrogens is 349 g/mol. The number of rotatable bonds is 2. The van der Waals surface area contributed by atoms with Crippen molar-refractivity contribution in [2.24, 2.45) is 4.99 Å². The van der Waals surface area contributed by atoms with Crippen LogP contribution in [0.2, 0.25) is 0 Å². The van der Waals surface area contributed by atoms with Gasteiger partial charge in [-0.25, -0.2) is 4.99 Å². The van der Waals surface area contributed by atoms with Gasteiger partial charge in [-0.2, -0.15) is 13.2 Å². The molecule has 0 spiro atoms. The Labute approximate surface area is 146 Å². The van der Waals surface area contributed by atoms with Crippen LogP contribution < -0.4 is 5.32 Å². The number of amides is 1. The van der Waals surface area contributed by atoms with E-state index in [1.54, 1.807) is 6.08 Å². The Morgan fingerprint density at radius 2 is 1.84 bits per heavy atom. The van der Waals surface area contributed by atoms with Gasteiger partial charge in [0.05, 0.1) is 16.2 Å². The number of amidine groups is 1. The number of nitrogens with zero attached hydrogens (tertiary/aromatic N) is 1. The fraction of sp³-hybridized carbons (Fsp3) is 0.111. The molecule has 0 aromatic heterocycles. The molecule has 1 fully saturated rings. The fourth-order valence-corrected chi connectivity index (χ4v) is 3.01. The molecule has 128 valence electrons. The number of hydrogen-bond acceptors (Lipinski definition) is 3. The Kier molecular flexibility index (Phi) is 4.67. The van der Waals surface area contributed by atoms with E-state index in [1.807, 2.05) is 31.2 Å². The lowest BCUT2D eigenvalue weighted by Crippen LogP contribution is -2.19. The topological polar surface area (TPSA) is 41.5 Å². The number of hydrogen-bond donors (Lipinski definition) is 1. The third-order valence-electron chi connectivity index (χ3n) is 3.43. The highest BCUT2D eigenvalue weighted by Gasteiger charge is 2.30. The van der Waals surface area contributed by atoms with Crippen molar-refractivity contribution in [3.05, 3.63) is 70.1 Å². The molecule has 25 heavy (non-hydrogen) atoms. The van der Waals surface area contributed by atoms with Crippen molar-refractivity contribution in [3.63, 3.8) is 0 Å². The van der Waals surface area contributed by atoms with E-state index in [9.17, 15) is 18.0 Å². The normalized spacial score (nSPS) is 18.0. The van der Waals surface area contributed by atoms with E-state index < -0.39 is 11.7 Å². The van der Waals surface area contributed by atoms with Crippen LogP contribution in [0.4, 0.5) is 18.9 Å². The smallest absolute Gasteiger partial charge is 0.300 e. The first kappa shape index (κ1) is 17.3. The van der Waals surface area contributed by atoms with Crippen molar-refractivity contribution >= 4 is 34.6 Å². The summed E-state index contributed by atoms with van der Waals surface area (Å²) in [5.74, 6) is -0.323. The molecule has 1 amide bonds. The molecule has 0 saturated carbocycles. The van der Waals surface area contributed by atoms with Gasteiger partial charge in [0.15, 0.2) is 5.17 Å². The molecule has 2 aromatic rings. The largest absolute Gasteiger partial charge is 0.416 e. The zero-order valence-corrected chi connectivity index (χ0v) is 13.9. The van der Waals surface area contributed by atoms with Crippen LogP contribution >= 0.6 is 11.8 Å². The standard InChI is InChI=1S/C18H13F3N2OS/c1-11-5-7-12(8-6-11)9-15-16(24)23-17(25-15)22-14-4-2-3-13(10-14)18(19,20)21/h2-10H,1H3,(H,22,23,24). The number of benzene rings is 2. The average molecular weight is 362 g/mol. The van der Waals surface area contributed by atoms with Crippen molar-refractivity contribution in [2.45, 2.75) is 13.1 Å². The molecule has 1 N–H and O–H groups in total. The number of nitrogens with one attached hydrogen (secondary N) is 1. The first-order valence-corrected chi connectivity index (χ1v) is 8.16. The lowest BCUT2D eigenvalue weighted by atomic mass is 10.1. The second kappa shape index (κ2) is 6.76. The van der Waals surface area contributed by atoms with Gasteiger partial charge in [0.2, 0.25) is 0 Å². The summed E-state index contributed by atoms with van der Waals surface area (Å²) in [6, 6.07) is 12.3. The average Bonchev–Trinajstić information content (AvgIpc) is 2.88. The highest BCUT2D eigenvalue weighted by molar-refractivity contribution is 8.18. The number of aliphatic imine (C=N–C) groups is 1. The molecule has 0 bridgehead atoms. The molecule has 1 aliphatic heterocycles.